The Morgan fingerprint density at radius 2 is 1.95 bits per heavy atom. The summed E-state index contributed by atoms with van der Waals surface area (Å²) < 4.78 is 27.3. The van der Waals surface area contributed by atoms with Crippen molar-refractivity contribution in [3.8, 4) is 0 Å². The van der Waals surface area contributed by atoms with Gasteiger partial charge in [-0.05, 0) is 18.4 Å². The molecule has 0 saturated carbocycles. The molecule has 0 fully saturated rings. The molecular weight excluding hydrogens is 278 g/mol. The van der Waals surface area contributed by atoms with Gasteiger partial charge in [0.15, 0.2) is 0 Å². The van der Waals surface area contributed by atoms with Crippen molar-refractivity contribution in [3.05, 3.63) is 35.9 Å². The highest BCUT2D eigenvalue weighted by Gasteiger charge is 2.14. The van der Waals surface area contributed by atoms with Gasteiger partial charge in [0, 0.05) is 12.3 Å². The summed E-state index contributed by atoms with van der Waals surface area (Å²) in [5, 5.41) is 2.68. The summed E-state index contributed by atoms with van der Waals surface area (Å²) in [5.41, 5.74) is 0.909. The first-order valence-electron chi connectivity index (χ1n) is 6.55. The third-order valence-corrected chi connectivity index (χ3v) is 3.84. The lowest BCUT2D eigenvalue weighted by Gasteiger charge is -2.16. The van der Waals surface area contributed by atoms with Crippen molar-refractivity contribution < 1.29 is 17.9 Å². The van der Waals surface area contributed by atoms with Crippen LogP contribution in [0.25, 0.3) is 0 Å². The molecule has 0 aromatic heterocycles. The van der Waals surface area contributed by atoms with Crippen LogP contribution in [0.5, 0.6) is 0 Å². The quantitative estimate of drug-likeness (QED) is 0.837. The summed E-state index contributed by atoms with van der Waals surface area (Å²) in [7, 11) is -3.01. The number of nitrogens with one attached hydrogen (secondary N) is 1. The van der Waals surface area contributed by atoms with Gasteiger partial charge in [-0.3, -0.25) is 0 Å². The fraction of sp³-hybridized carbons (Fsp3) is 0.500. The first kappa shape index (κ1) is 16.5. The molecule has 0 aliphatic heterocycles. The Balaban J connectivity index is 2.36. The molecule has 1 amide bonds. The maximum atomic E-state index is 11.6. The minimum absolute atomic E-state index is 0.0600. The van der Waals surface area contributed by atoms with Gasteiger partial charge in [0.25, 0.3) is 0 Å². The van der Waals surface area contributed by atoms with E-state index in [1.807, 2.05) is 37.3 Å². The van der Waals surface area contributed by atoms with Gasteiger partial charge < -0.3 is 10.1 Å². The molecule has 0 spiro atoms. The van der Waals surface area contributed by atoms with Crippen LogP contribution >= 0.6 is 0 Å². The molecule has 1 N–H and O–H groups in total. The Labute approximate surface area is 120 Å². The average Bonchev–Trinajstić information content (AvgIpc) is 2.41. The molecule has 1 rings (SSSR count). The van der Waals surface area contributed by atoms with E-state index in [-0.39, 0.29) is 18.4 Å². The van der Waals surface area contributed by atoms with Crippen molar-refractivity contribution in [3.63, 3.8) is 0 Å². The Hall–Kier alpha value is -1.56. The second kappa shape index (κ2) is 7.89. The van der Waals surface area contributed by atoms with Crippen molar-refractivity contribution >= 4 is 15.9 Å². The van der Waals surface area contributed by atoms with E-state index in [9.17, 15) is 13.2 Å². The summed E-state index contributed by atoms with van der Waals surface area (Å²) in [4.78, 5) is 11.6. The second-order valence-electron chi connectivity index (χ2n) is 4.73. The topological polar surface area (TPSA) is 72.5 Å². The predicted octanol–water partition coefficient (Wildman–Crippen LogP) is 2.13. The third-order valence-electron chi connectivity index (χ3n) is 2.86. The highest BCUT2D eigenvalue weighted by atomic mass is 32.2. The zero-order valence-electron chi connectivity index (χ0n) is 11.8. The zero-order valence-corrected chi connectivity index (χ0v) is 12.7. The Kier molecular flexibility index (Phi) is 6.51. The van der Waals surface area contributed by atoms with Gasteiger partial charge in [0.05, 0.1) is 5.75 Å². The first-order chi connectivity index (χ1) is 9.40. The van der Waals surface area contributed by atoms with Gasteiger partial charge in [0.1, 0.15) is 16.4 Å². The summed E-state index contributed by atoms with van der Waals surface area (Å²) in [6.07, 6.45) is 1.73. The third kappa shape index (κ3) is 7.13. The normalized spacial score (nSPS) is 12.7. The molecule has 0 unspecified atom stereocenters. The van der Waals surface area contributed by atoms with E-state index in [1.54, 1.807) is 0 Å². The van der Waals surface area contributed by atoms with Crippen molar-refractivity contribution in [2.45, 2.75) is 32.4 Å². The Morgan fingerprint density at radius 3 is 2.50 bits per heavy atom. The first-order valence-corrected chi connectivity index (χ1v) is 8.61. The van der Waals surface area contributed by atoms with Crippen LogP contribution in [0.1, 0.15) is 25.3 Å². The van der Waals surface area contributed by atoms with Gasteiger partial charge in [-0.1, -0.05) is 37.3 Å². The molecule has 0 bridgehead atoms. The fourth-order valence-electron chi connectivity index (χ4n) is 1.67. The molecule has 0 aliphatic carbocycles. The number of ether oxygens (including phenoxy) is 1. The van der Waals surface area contributed by atoms with Crippen molar-refractivity contribution in [2.75, 3.05) is 12.0 Å². The average molecular weight is 299 g/mol. The molecule has 1 aromatic rings. The van der Waals surface area contributed by atoms with Gasteiger partial charge in [-0.2, -0.15) is 0 Å². The van der Waals surface area contributed by atoms with Crippen molar-refractivity contribution in [1.29, 1.82) is 0 Å². The molecule has 1 aromatic carbocycles. The molecule has 0 heterocycles. The SMILES string of the molecule is CC[C@@H](CCS(C)(=O)=O)NC(=O)OCc1ccccc1. The summed E-state index contributed by atoms with van der Waals surface area (Å²) in [5.74, 6) is 0.0600. The van der Waals surface area contributed by atoms with Gasteiger partial charge in [0.2, 0.25) is 0 Å². The van der Waals surface area contributed by atoms with E-state index >= 15 is 0 Å². The molecule has 0 aliphatic rings. The number of carbonyl (C=O) groups is 1. The van der Waals surface area contributed by atoms with E-state index in [2.05, 4.69) is 5.32 Å². The van der Waals surface area contributed by atoms with Crippen molar-refractivity contribution in [1.82, 2.24) is 5.32 Å². The van der Waals surface area contributed by atoms with E-state index in [4.69, 9.17) is 4.74 Å². The predicted molar refractivity (Wildman–Crippen MR) is 78.2 cm³/mol. The number of sulfone groups is 1. The lowest BCUT2D eigenvalue weighted by Crippen LogP contribution is -2.36. The second-order valence-corrected chi connectivity index (χ2v) is 6.99. The van der Waals surface area contributed by atoms with Gasteiger partial charge in [-0.15, -0.1) is 0 Å². The maximum absolute atomic E-state index is 11.6. The molecule has 20 heavy (non-hydrogen) atoms. The molecule has 112 valence electrons. The number of benzene rings is 1. The number of amides is 1. The monoisotopic (exact) mass is 299 g/mol. The molecule has 5 nitrogen and oxygen atoms in total. The van der Waals surface area contributed by atoms with Crippen LogP contribution in [0.2, 0.25) is 0 Å². The minimum Gasteiger partial charge on any atom is -0.445 e. The lowest BCUT2D eigenvalue weighted by atomic mass is 10.2. The highest BCUT2D eigenvalue weighted by Crippen LogP contribution is 2.03. The highest BCUT2D eigenvalue weighted by molar-refractivity contribution is 7.90. The van der Waals surface area contributed by atoms with Crippen LogP contribution in [-0.2, 0) is 21.2 Å². The number of carbonyl (C=O) groups excluding carboxylic acids is 1. The van der Waals surface area contributed by atoms with Crippen LogP contribution in [0.3, 0.4) is 0 Å². The molecule has 0 saturated heterocycles. The molecule has 0 radical (unpaired) electrons. The molecule has 6 heteroatoms. The minimum atomic E-state index is -3.01. The number of hydrogen-bond acceptors (Lipinski definition) is 4. The summed E-state index contributed by atoms with van der Waals surface area (Å²) >= 11 is 0. The van der Waals surface area contributed by atoms with Gasteiger partial charge in [-0.25, -0.2) is 13.2 Å². The van der Waals surface area contributed by atoms with E-state index in [0.717, 1.165) is 5.56 Å². The van der Waals surface area contributed by atoms with Crippen LogP contribution in [-0.4, -0.2) is 32.6 Å². The van der Waals surface area contributed by atoms with E-state index in [0.29, 0.717) is 12.8 Å². The van der Waals surface area contributed by atoms with Crippen molar-refractivity contribution in [2.24, 2.45) is 0 Å². The number of hydrogen-bond donors (Lipinski definition) is 1. The fourth-order valence-corrected chi connectivity index (χ4v) is 2.38. The number of alkyl carbamates (subject to hydrolysis) is 1. The van der Waals surface area contributed by atoms with Crippen LogP contribution < -0.4 is 5.32 Å². The Bertz CT molecular complexity index is 513. The van der Waals surface area contributed by atoms with Crippen LogP contribution in [0, 0.1) is 0 Å². The van der Waals surface area contributed by atoms with Gasteiger partial charge >= 0.3 is 6.09 Å². The number of rotatable bonds is 7. The Morgan fingerprint density at radius 1 is 1.30 bits per heavy atom. The van der Waals surface area contributed by atoms with E-state index in [1.165, 1.54) is 6.26 Å². The smallest absolute Gasteiger partial charge is 0.407 e. The molecular formula is C14H21NO4S. The van der Waals surface area contributed by atoms with E-state index < -0.39 is 15.9 Å². The standard InChI is InChI=1S/C14H21NO4S/c1-3-13(9-10-20(2,17)18)15-14(16)19-11-12-7-5-4-6-8-12/h4-8,13H,3,9-11H2,1-2H3,(H,15,16)/t13-/m0/s1. The zero-order chi connectivity index (χ0) is 15.0. The lowest BCUT2D eigenvalue weighted by molar-refractivity contribution is 0.135. The summed E-state index contributed by atoms with van der Waals surface area (Å²) in [6, 6.07) is 9.19. The molecule has 1 atom stereocenters. The largest absolute Gasteiger partial charge is 0.445 e. The maximum Gasteiger partial charge on any atom is 0.407 e. The van der Waals surface area contributed by atoms with Crippen LogP contribution in [0.15, 0.2) is 30.3 Å². The summed E-state index contributed by atoms with van der Waals surface area (Å²) in [6.45, 7) is 2.10. The van der Waals surface area contributed by atoms with Crippen LogP contribution in [0.4, 0.5) is 4.79 Å².